The first kappa shape index (κ1) is 14.4. The molecule has 0 bridgehead atoms. The fourth-order valence-electron chi connectivity index (χ4n) is 3.57. The zero-order valence-corrected chi connectivity index (χ0v) is 12.8. The van der Waals surface area contributed by atoms with E-state index >= 15 is 0 Å². The van der Waals surface area contributed by atoms with Gasteiger partial charge < -0.3 is 10.1 Å². The van der Waals surface area contributed by atoms with Crippen LogP contribution in [0.15, 0.2) is 12.1 Å². The summed E-state index contributed by atoms with van der Waals surface area (Å²) in [4.78, 5) is 0. The molecule has 2 unspecified atom stereocenters. The maximum atomic E-state index is 5.65. The summed E-state index contributed by atoms with van der Waals surface area (Å²) in [5.74, 6) is 2.51. The predicted octanol–water partition coefficient (Wildman–Crippen LogP) is 3.81. The van der Waals surface area contributed by atoms with E-state index in [0.29, 0.717) is 5.92 Å². The van der Waals surface area contributed by atoms with Crippen LogP contribution in [0.5, 0.6) is 5.75 Å². The highest BCUT2D eigenvalue weighted by Gasteiger charge is 2.31. The zero-order chi connectivity index (χ0) is 13.8. The second-order valence-corrected chi connectivity index (χ2v) is 5.80. The van der Waals surface area contributed by atoms with Crippen LogP contribution >= 0.6 is 0 Å². The summed E-state index contributed by atoms with van der Waals surface area (Å²) >= 11 is 0. The van der Waals surface area contributed by atoms with Gasteiger partial charge in [-0.25, -0.2) is 0 Å². The standard InChI is InChI=1S/C17H27NO/c1-5-18-11-14-7-6-8-15(14)17-13(3)9-12(2)10-16(17)19-4/h9-10,14-15,18H,5-8,11H2,1-4H3. The molecular formula is C17H27NO. The van der Waals surface area contributed by atoms with Gasteiger partial charge in [-0.2, -0.15) is 0 Å². The third-order valence-corrected chi connectivity index (χ3v) is 4.40. The van der Waals surface area contributed by atoms with Gasteiger partial charge in [0.05, 0.1) is 7.11 Å². The number of aryl methyl sites for hydroxylation is 2. The second kappa shape index (κ2) is 6.42. The van der Waals surface area contributed by atoms with Crippen molar-refractivity contribution in [3.05, 3.63) is 28.8 Å². The first-order valence-corrected chi connectivity index (χ1v) is 7.53. The summed E-state index contributed by atoms with van der Waals surface area (Å²) < 4.78 is 5.65. The number of hydrogen-bond acceptors (Lipinski definition) is 2. The molecule has 0 radical (unpaired) electrons. The Balaban J connectivity index is 2.29. The minimum atomic E-state index is 0.662. The maximum Gasteiger partial charge on any atom is 0.122 e. The minimum absolute atomic E-state index is 0.662. The lowest BCUT2D eigenvalue weighted by Crippen LogP contribution is -2.24. The molecule has 0 saturated heterocycles. The summed E-state index contributed by atoms with van der Waals surface area (Å²) in [6.45, 7) is 8.75. The van der Waals surface area contributed by atoms with Crippen LogP contribution in [0.1, 0.15) is 48.8 Å². The minimum Gasteiger partial charge on any atom is -0.496 e. The fraction of sp³-hybridized carbons (Fsp3) is 0.647. The Kier molecular flexibility index (Phi) is 4.87. The van der Waals surface area contributed by atoms with Crippen LogP contribution in [-0.2, 0) is 0 Å². The molecule has 2 rings (SSSR count). The molecule has 1 aliphatic carbocycles. The third kappa shape index (κ3) is 3.11. The molecule has 1 fully saturated rings. The molecule has 19 heavy (non-hydrogen) atoms. The Labute approximate surface area is 117 Å². The van der Waals surface area contributed by atoms with Gasteiger partial charge >= 0.3 is 0 Å². The zero-order valence-electron chi connectivity index (χ0n) is 12.8. The SMILES string of the molecule is CCNCC1CCCC1c1c(C)cc(C)cc1OC. The molecule has 106 valence electrons. The fourth-order valence-corrected chi connectivity index (χ4v) is 3.57. The summed E-state index contributed by atoms with van der Waals surface area (Å²) in [7, 11) is 1.80. The van der Waals surface area contributed by atoms with Crippen molar-refractivity contribution in [1.82, 2.24) is 5.32 Å². The van der Waals surface area contributed by atoms with Crippen molar-refractivity contribution in [1.29, 1.82) is 0 Å². The van der Waals surface area contributed by atoms with Gasteiger partial charge in [-0.05, 0) is 68.8 Å². The van der Waals surface area contributed by atoms with Crippen molar-refractivity contribution >= 4 is 0 Å². The third-order valence-electron chi connectivity index (χ3n) is 4.40. The Morgan fingerprint density at radius 1 is 1.26 bits per heavy atom. The molecule has 1 aromatic rings. The van der Waals surface area contributed by atoms with Crippen molar-refractivity contribution < 1.29 is 4.74 Å². The van der Waals surface area contributed by atoms with Crippen LogP contribution in [0, 0.1) is 19.8 Å². The molecule has 1 saturated carbocycles. The van der Waals surface area contributed by atoms with E-state index in [1.165, 1.54) is 36.0 Å². The first-order chi connectivity index (χ1) is 9.17. The van der Waals surface area contributed by atoms with Crippen LogP contribution < -0.4 is 10.1 Å². The molecular weight excluding hydrogens is 234 g/mol. The molecule has 2 heteroatoms. The van der Waals surface area contributed by atoms with E-state index in [4.69, 9.17) is 4.74 Å². The number of hydrogen-bond donors (Lipinski definition) is 1. The lowest BCUT2D eigenvalue weighted by atomic mass is 9.85. The Hall–Kier alpha value is -1.02. The number of rotatable bonds is 5. The van der Waals surface area contributed by atoms with Crippen LogP contribution in [0.3, 0.4) is 0 Å². The van der Waals surface area contributed by atoms with Gasteiger partial charge in [-0.15, -0.1) is 0 Å². The van der Waals surface area contributed by atoms with Crippen LogP contribution in [0.25, 0.3) is 0 Å². The number of ether oxygens (including phenoxy) is 1. The number of benzene rings is 1. The Bertz CT molecular complexity index is 428. The van der Waals surface area contributed by atoms with Gasteiger partial charge in [0.2, 0.25) is 0 Å². The van der Waals surface area contributed by atoms with Crippen molar-refractivity contribution in [3.63, 3.8) is 0 Å². The van der Waals surface area contributed by atoms with Gasteiger partial charge in [-0.1, -0.05) is 19.4 Å². The largest absolute Gasteiger partial charge is 0.496 e. The lowest BCUT2D eigenvalue weighted by Gasteiger charge is -2.24. The van der Waals surface area contributed by atoms with Crippen molar-refractivity contribution in [2.24, 2.45) is 5.92 Å². The average Bonchev–Trinajstić information content (AvgIpc) is 2.83. The second-order valence-electron chi connectivity index (χ2n) is 5.80. The topological polar surface area (TPSA) is 21.3 Å². The summed E-state index contributed by atoms with van der Waals surface area (Å²) in [5, 5.41) is 3.52. The van der Waals surface area contributed by atoms with Crippen molar-refractivity contribution in [3.8, 4) is 5.75 Å². The van der Waals surface area contributed by atoms with Gasteiger partial charge in [0.25, 0.3) is 0 Å². The van der Waals surface area contributed by atoms with Crippen LogP contribution in [0.2, 0.25) is 0 Å². The first-order valence-electron chi connectivity index (χ1n) is 7.53. The number of nitrogens with one attached hydrogen (secondary N) is 1. The molecule has 0 aromatic heterocycles. The normalized spacial score (nSPS) is 22.7. The molecule has 1 aliphatic rings. The van der Waals surface area contributed by atoms with Crippen molar-refractivity contribution in [2.45, 2.75) is 46.0 Å². The van der Waals surface area contributed by atoms with E-state index in [-0.39, 0.29) is 0 Å². The molecule has 0 aliphatic heterocycles. The molecule has 0 heterocycles. The molecule has 0 spiro atoms. The molecule has 2 nitrogen and oxygen atoms in total. The van der Waals surface area contributed by atoms with E-state index in [9.17, 15) is 0 Å². The smallest absolute Gasteiger partial charge is 0.122 e. The van der Waals surface area contributed by atoms with E-state index < -0.39 is 0 Å². The van der Waals surface area contributed by atoms with Gasteiger partial charge in [0.15, 0.2) is 0 Å². The van der Waals surface area contributed by atoms with Gasteiger partial charge in [0.1, 0.15) is 5.75 Å². The van der Waals surface area contributed by atoms with Crippen LogP contribution in [0.4, 0.5) is 0 Å². The highest BCUT2D eigenvalue weighted by molar-refractivity contribution is 5.46. The highest BCUT2D eigenvalue weighted by atomic mass is 16.5. The Morgan fingerprint density at radius 2 is 2.05 bits per heavy atom. The van der Waals surface area contributed by atoms with E-state index in [1.807, 2.05) is 0 Å². The van der Waals surface area contributed by atoms with E-state index in [1.54, 1.807) is 7.11 Å². The van der Waals surface area contributed by atoms with E-state index in [0.717, 1.165) is 24.8 Å². The Morgan fingerprint density at radius 3 is 2.74 bits per heavy atom. The highest BCUT2D eigenvalue weighted by Crippen LogP contribution is 2.44. The molecule has 2 atom stereocenters. The maximum absolute atomic E-state index is 5.65. The summed E-state index contributed by atoms with van der Waals surface area (Å²) in [5.41, 5.74) is 4.14. The lowest BCUT2D eigenvalue weighted by molar-refractivity contribution is 0.389. The van der Waals surface area contributed by atoms with Gasteiger partial charge in [-0.3, -0.25) is 0 Å². The average molecular weight is 261 g/mol. The molecule has 1 aromatic carbocycles. The van der Waals surface area contributed by atoms with Crippen molar-refractivity contribution in [2.75, 3.05) is 20.2 Å². The summed E-state index contributed by atoms with van der Waals surface area (Å²) in [6.07, 6.45) is 3.99. The quantitative estimate of drug-likeness (QED) is 0.870. The van der Waals surface area contributed by atoms with E-state index in [2.05, 4.69) is 38.2 Å². The summed E-state index contributed by atoms with van der Waals surface area (Å²) in [6, 6.07) is 4.48. The predicted molar refractivity (Wildman–Crippen MR) is 81.1 cm³/mol. The molecule has 0 amide bonds. The van der Waals surface area contributed by atoms with Crippen LogP contribution in [-0.4, -0.2) is 20.2 Å². The van der Waals surface area contributed by atoms with Gasteiger partial charge in [0, 0.05) is 5.56 Å². The number of methoxy groups -OCH3 is 1. The monoisotopic (exact) mass is 261 g/mol. The molecule has 1 N–H and O–H groups in total.